The fraction of sp³-hybridized carbons (Fsp3) is 0.500. The second-order valence-electron chi connectivity index (χ2n) is 3.65. The molecular formula is C10H12BrN3O. The zero-order valence-corrected chi connectivity index (χ0v) is 9.85. The van der Waals surface area contributed by atoms with Crippen LogP contribution in [0.2, 0.25) is 0 Å². The van der Waals surface area contributed by atoms with Crippen molar-refractivity contribution in [2.24, 2.45) is 5.92 Å². The molecule has 0 amide bonds. The van der Waals surface area contributed by atoms with Gasteiger partial charge < -0.3 is 9.69 Å². The van der Waals surface area contributed by atoms with E-state index < -0.39 is 0 Å². The fourth-order valence-electron chi connectivity index (χ4n) is 1.79. The first-order valence-corrected chi connectivity index (χ1v) is 5.76. The molecule has 1 aliphatic rings. The molecule has 0 radical (unpaired) electrons. The monoisotopic (exact) mass is 269 g/mol. The first kappa shape index (κ1) is 10.5. The van der Waals surface area contributed by atoms with E-state index in [9.17, 15) is 4.79 Å². The highest BCUT2D eigenvalue weighted by Crippen LogP contribution is 2.26. The molecule has 0 unspecified atom stereocenters. The SMILES string of the molecule is O=CC1CCN(c2ncncc2Br)CC1. The van der Waals surface area contributed by atoms with E-state index in [1.165, 1.54) is 0 Å². The number of rotatable bonds is 2. The van der Waals surface area contributed by atoms with Gasteiger partial charge in [0.05, 0.1) is 4.47 Å². The predicted molar refractivity (Wildman–Crippen MR) is 60.7 cm³/mol. The van der Waals surface area contributed by atoms with Crippen LogP contribution in [0.25, 0.3) is 0 Å². The summed E-state index contributed by atoms with van der Waals surface area (Å²) in [7, 11) is 0. The zero-order chi connectivity index (χ0) is 10.7. The van der Waals surface area contributed by atoms with Gasteiger partial charge in [0.1, 0.15) is 18.4 Å². The molecule has 1 aromatic rings. The lowest BCUT2D eigenvalue weighted by Gasteiger charge is -2.30. The minimum atomic E-state index is 0.224. The molecule has 1 aliphatic heterocycles. The predicted octanol–water partition coefficient (Wildman–Crippen LogP) is 1.65. The third-order valence-electron chi connectivity index (χ3n) is 2.68. The van der Waals surface area contributed by atoms with Crippen LogP contribution in [0.15, 0.2) is 17.0 Å². The van der Waals surface area contributed by atoms with E-state index >= 15 is 0 Å². The van der Waals surface area contributed by atoms with Gasteiger partial charge >= 0.3 is 0 Å². The number of carbonyl (C=O) groups excluding carboxylic acids is 1. The third kappa shape index (κ3) is 2.34. The van der Waals surface area contributed by atoms with Crippen LogP contribution in [0.4, 0.5) is 5.82 Å². The Morgan fingerprint density at radius 2 is 2.20 bits per heavy atom. The number of anilines is 1. The Bertz CT molecular complexity index is 350. The van der Waals surface area contributed by atoms with Crippen molar-refractivity contribution in [1.29, 1.82) is 0 Å². The normalized spacial score (nSPS) is 17.8. The Hall–Kier alpha value is -0.970. The fourth-order valence-corrected chi connectivity index (χ4v) is 2.26. The zero-order valence-electron chi connectivity index (χ0n) is 8.27. The van der Waals surface area contributed by atoms with Crippen LogP contribution < -0.4 is 4.90 Å². The summed E-state index contributed by atoms with van der Waals surface area (Å²) < 4.78 is 0.912. The summed E-state index contributed by atoms with van der Waals surface area (Å²) in [6.45, 7) is 1.78. The molecule has 0 aromatic carbocycles. The minimum Gasteiger partial charge on any atom is -0.356 e. The van der Waals surface area contributed by atoms with Crippen molar-refractivity contribution in [3.05, 3.63) is 17.0 Å². The van der Waals surface area contributed by atoms with Crippen LogP contribution in [-0.4, -0.2) is 29.3 Å². The molecular weight excluding hydrogens is 258 g/mol. The number of piperidine rings is 1. The van der Waals surface area contributed by atoms with Gasteiger partial charge in [0.25, 0.3) is 0 Å². The molecule has 1 saturated heterocycles. The standard InChI is InChI=1S/C10H12BrN3O/c11-9-5-12-7-13-10(9)14-3-1-8(6-15)2-4-14/h5-8H,1-4H2. The summed E-state index contributed by atoms with van der Waals surface area (Å²) in [5, 5.41) is 0. The van der Waals surface area contributed by atoms with E-state index in [-0.39, 0.29) is 5.92 Å². The van der Waals surface area contributed by atoms with Gasteiger partial charge in [-0.25, -0.2) is 9.97 Å². The Morgan fingerprint density at radius 1 is 1.47 bits per heavy atom. The first-order chi connectivity index (χ1) is 7.31. The Labute approximate surface area is 96.8 Å². The van der Waals surface area contributed by atoms with E-state index in [1.807, 2.05) is 0 Å². The van der Waals surface area contributed by atoms with Gasteiger partial charge in [-0.3, -0.25) is 0 Å². The maximum Gasteiger partial charge on any atom is 0.146 e. The van der Waals surface area contributed by atoms with E-state index in [0.29, 0.717) is 0 Å². The molecule has 15 heavy (non-hydrogen) atoms. The third-order valence-corrected chi connectivity index (χ3v) is 3.24. The van der Waals surface area contributed by atoms with Crippen molar-refractivity contribution in [3.8, 4) is 0 Å². The van der Waals surface area contributed by atoms with Crippen LogP contribution in [0, 0.1) is 5.92 Å². The van der Waals surface area contributed by atoms with Gasteiger partial charge in [-0.15, -0.1) is 0 Å². The van der Waals surface area contributed by atoms with Gasteiger partial charge in [-0.2, -0.15) is 0 Å². The topological polar surface area (TPSA) is 46.1 Å². The first-order valence-electron chi connectivity index (χ1n) is 4.97. The molecule has 80 valence electrons. The van der Waals surface area contributed by atoms with Crippen LogP contribution >= 0.6 is 15.9 Å². The summed E-state index contributed by atoms with van der Waals surface area (Å²) in [6.07, 6.45) is 6.19. The number of hydrogen-bond donors (Lipinski definition) is 0. The molecule has 0 bridgehead atoms. The van der Waals surface area contributed by atoms with Crippen molar-refractivity contribution < 1.29 is 4.79 Å². The van der Waals surface area contributed by atoms with E-state index in [1.54, 1.807) is 12.5 Å². The molecule has 0 atom stereocenters. The van der Waals surface area contributed by atoms with Gasteiger partial charge in [-0.1, -0.05) is 0 Å². The average molecular weight is 270 g/mol. The minimum absolute atomic E-state index is 0.224. The molecule has 5 heteroatoms. The molecule has 1 aromatic heterocycles. The second-order valence-corrected chi connectivity index (χ2v) is 4.51. The summed E-state index contributed by atoms with van der Waals surface area (Å²) in [6, 6.07) is 0. The highest BCUT2D eigenvalue weighted by atomic mass is 79.9. The number of aldehydes is 1. The Morgan fingerprint density at radius 3 is 2.80 bits per heavy atom. The summed E-state index contributed by atoms with van der Waals surface area (Å²) in [5.74, 6) is 1.15. The maximum atomic E-state index is 10.6. The molecule has 2 heterocycles. The van der Waals surface area contributed by atoms with Gasteiger partial charge in [-0.05, 0) is 28.8 Å². The number of halogens is 1. The number of carbonyl (C=O) groups is 1. The smallest absolute Gasteiger partial charge is 0.146 e. The van der Waals surface area contributed by atoms with Crippen LogP contribution in [0.3, 0.4) is 0 Å². The van der Waals surface area contributed by atoms with Crippen molar-refractivity contribution in [1.82, 2.24) is 9.97 Å². The van der Waals surface area contributed by atoms with Gasteiger partial charge in [0.2, 0.25) is 0 Å². The number of nitrogens with zero attached hydrogens (tertiary/aromatic N) is 3. The lowest BCUT2D eigenvalue weighted by molar-refractivity contribution is -0.111. The van der Waals surface area contributed by atoms with Crippen LogP contribution in [-0.2, 0) is 4.79 Å². The molecule has 0 N–H and O–H groups in total. The van der Waals surface area contributed by atoms with Crippen molar-refractivity contribution in [3.63, 3.8) is 0 Å². The summed E-state index contributed by atoms with van der Waals surface area (Å²) in [5.41, 5.74) is 0. The van der Waals surface area contributed by atoms with Crippen LogP contribution in [0.5, 0.6) is 0 Å². The highest BCUT2D eigenvalue weighted by Gasteiger charge is 2.20. The van der Waals surface area contributed by atoms with Crippen molar-refractivity contribution >= 4 is 28.0 Å². The summed E-state index contributed by atoms with van der Waals surface area (Å²) in [4.78, 5) is 21.0. The lowest BCUT2D eigenvalue weighted by atomic mass is 9.99. The number of aromatic nitrogens is 2. The maximum absolute atomic E-state index is 10.6. The number of hydrogen-bond acceptors (Lipinski definition) is 4. The Balaban J connectivity index is 2.07. The van der Waals surface area contributed by atoms with E-state index in [4.69, 9.17) is 0 Å². The largest absolute Gasteiger partial charge is 0.356 e. The Kier molecular flexibility index (Phi) is 3.30. The lowest BCUT2D eigenvalue weighted by Crippen LogP contribution is -2.34. The molecule has 4 nitrogen and oxygen atoms in total. The average Bonchev–Trinajstić information content (AvgIpc) is 2.30. The van der Waals surface area contributed by atoms with Crippen molar-refractivity contribution in [2.45, 2.75) is 12.8 Å². The molecule has 1 fully saturated rings. The van der Waals surface area contributed by atoms with Gasteiger partial charge in [0.15, 0.2) is 0 Å². The van der Waals surface area contributed by atoms with Gasteiger partial charge in [0, 0.05) is 25.2 Å². The quantitative estimate of drug-likeness (QED) is 0.767. The second kappa shape index (κ2) is 4.70. The molecule has 0 spiro atoms. The molecule has 2 rings (SSSR count). The van der Waals surface area contributed by atoms with Crippen LogP contribution in [0.1, 0.15) is 12.8 Å². The molecule has 0 saturated carbocycles. The summed E-state index contributed by atoms with van der Waals surface area (Å²) >= 11 is 3.43. The van der Waals surface area contributed by atoms with E-state index in [2.05, 4.69) is 30.8 Å². The van der Waals surface area contributed by atoms with Crippen molar-refractivity contribution in [2.75, 3.05) is 18.0 Å². The highest BCUT2D eigenvalue weighted by molar-refractivity contribution is 9.10. The molecule has 0 aliphatic carbocycles. The van der Waals surface area contributed by atoms with E-state index in [0.717, 1.165) is 42.5 Å².